The minimum atomic E-state index is 0.940. The van der Waals surface area contributed by atoms with E-state index in [9.17, 15) is 0 Å². The highest BCUT2D eigenvalue weighted by atomic mass is 32.1. The third kappa shape index (κ3) is 5.11. The van der Waals surface area contributed by atoms with Crippen LogP contribution >= 0.6 is 11.3 Å². The maximum absolute atomic E-state index is 5.36. The van der Waals surface area contributed by atoms with E-state index in [1.54, 1.807) is 11.3 Å². The van der Waals surface area contributed by atoms with Gasteiger partial charge in [0.05, 0.1) is 33.5 Å². The summed E-state index contributed by atoms with van der Waals surface area (Å²) in [6.07, 6.45) is 3.72. The zero-order valence-corrected chi connectivity index (χ0v) is 30.4. The first-order chi connectivity index (χ1) is 27.3. The van der Waals surface area contributed by atoms with Crippen molar-refractivity contribution in [2.24, 2.45) is 0 Å². The van der Waals surface area contributed by atoms with E-state index in [0.717, 1.165) is 82.5 Å². The Morgan fingerprint density at radius 3 is 1.62 bits per heavy atom. The van der Waals surface area contributed by atoms with Crippen molar-refractivity contribution in [3.8, 4) is 55.0 Å². The number of fused-ring (bicyclic) bond motifs is 7. The molecule has 11 aromatic rings. The quantitative estimate of drug-likeness (QED) is 0.172. The van der Waals surface area contributed by atoms with Crippen molar-refractivity contribution >= 4 is 54.9 Å². The number of nitrogens with zero attached hydrogens (tertiary/aromatic N) is 5. The standard InChI is InChI=1S/C49H31N5S/c1-4-14-32(15-5-1)46-49(55-48(52-46)33-16-6-2-7-17-33)54-43-26-23-35(41-21-11-13-29-51-41)31-39(43)45-44(54)27-24-37-38-30-34(40-20-10-12-28-50-40)22-25-42(38)53(47(37)45)36-18-8-3-9-19-36/h1-31H. The van der Waals surface area contributed by atoms with Crippen LogP contribution in [0.3, 0.4) is 0 Å². The van der Waals surface area contributed by atoms with Crippen LogP contribution in [0, 0.1) is 0 Å². The molecule has 0 fully saturated rings. The number of thiazole rings is 1. The lowest BCUT2D eigenvalue weighted by atomic mass is 10.0. The van der Waals surface area contributed by atoms with Crippen LogP contribution in [0.2, 0.25) is 0 Å². The van der Waals surface area contributed by atoms with Crippen LogP contribution in [0.15, 0.2) is 188 Å². The van der Waals surface area contributed by atoms with Gasteiger partial charge in [-0.05, 0) is 66.7 Å². The lowest BCUT2D eigenvalue weighted by Crippen LogP contribution is -1.95. The van der Waals surface area contributed by atoms with Gasteiger partial charge in [-0.25, -0.2) is 4.98 Å². The molecule has 0 spiro atoms. The highest BCUT2D eigenvalue weighted by Crippen LogP contribution is 2.46. The second kappa shape index (κ2) is 12.8. The molecule has 6 aromatic carbocycles. The minimum Gasteiger partial charge on any atom is -0.309 e. The van der Waals surface area contributed by atoms with E-state index in [2.05, 4.69) is 167 Å². The Hall–Kier alpha value is -7.15. The molecule has 0 bridgehead atoms. The van der Waals surface area contributed by atoms with E-state index in [1.807, 2.05) is 30.6 Å². The molecule has 5 nitrogen and oxygen atoms in total. The summed E-state index contributed by atoms with van der Waals surface area (Å²) in [6, 6.07) is 62.1. The van der Waals surface area contributed by atoms with Gasteiger partial charge in [0.15, 0.2) is 0 Å². The number of para-hydroxylation sites is 1. The van der Waals surface area contributed by atoms with Crippen molar-refractivity contribution in [3.05, 3.63) is 188 Å². The molecule has 258 valence electrons. The third-order valence-electron chi connectivity index (χ3n) is 10.5. The Morgan fingerprint density at radius 2 is 0.982 bits per heavy atom. The van der Waals surface area contributed by atoms with Gasteiger partial charge in [0.2, 0.25) is 0 Å². The van der Waals surface area contributed by atoms with E-state index < -0.39 is 0 Å². The normalized spacial score (nSPS) is 11.6. The summed E-state index contributed by atoms with van der Waals surface area (Å²) in [6.45, 7) is 0. The molecule has 11 rings (SSSR count). The molecule has 0 saturated carbocycles. The van der Waals surface area contributed by atoms with E-state index in [1.165, 1.54) is 16.2 Å². The predicted molar refractivity (Wildman–Crippen MR) is 228 cm³/mol. The van der Waals surface area contributed by atoms with Crippen LogP contribution in [0.25, 0.3) is 98.6 Å². The summed E-state index contributed by atoms with van der Waals surface area (Å²) in [5.74, 6) is 0. The van der Waals surface area contributed by atoms with Crippen LogP contribution in [0.1, 0.15) is 0 Å². The fourth-order valence-electron chi connectivity index (χ4n) is 8.01. The van der Waals surface area contributed by atoms with Gasteiger partial charge >= 0.3 is 0 Å². The number of hydrogen-bond donors (Lipinski definition) is 0. The molecule has 0 unspecified atom stereocenters. The van der Waals surface area contributed by atoms with Crippen LogP contribution in [-0.4, -0.2) is 24.1 Å². The summed E-state index contributed by atoms with van der Waals surface area (Å²) in [5, 5.41) is 6.76. The third-order valence-corrected chi connectivity index (χ3v) is 11.6. The zero-order chi connectivity index (χ0) is 36.3. The molecular formula is C49H31N5S. The van der Waals surface area contributed by atoms with Crippen molar-refractivity contribution < 1.29 is 0 Å². The number of hydrogen-bond acceptors (Lipinski definition) is 4. The summed E-state index contributed by atoms with van der Waals surface area (Å²) in [5.41, 5.74) is 12.8. The molecule has 6 heteroatoms. The molecule has 0 aliphatic carbocycles. The number of rotatable bonds is 6. The maximum Gasteiger partial charge on any atom is 0.129 e. The van der Waals surface area contributed by atoms with Gasteiger partial charge in [-0.1, -0.05) is 121 Å². The van der Waals surface area contributed by atoms with E-state index in [-0.39, 0.29) is 0 Å². The molecule has 0 saturated heterocycles. The smallest absolute Gasteiger partial charge is 0.129 e. The lowest BCUT2D eigenvalue weighted by Gasteiger charge is -2.10. The van der Waals surface area contributed by atoms with Crippen molar-refractivity contribution in [2.45, 2.75) is 0 Å². The van der Waals surface area contributed by atoms with Gasteiger partial charge in [0.25, 0.3) is 0 Å². The highest BCUT2D eigenvalue weighted by molar-refractivity contribution is 7.18. The topological polar surface area (TPSA) is 48.5 Å². The largest absolute Gasteiger partial charge is 0.309 e. The second-order valence-corrected chi connectivity index (χ2v) is 14.6. The Bertz CT molecular complexity index is 3170. The fourth-order valence-corrected chi connectivity index (χ4v) is 9.13. The minimum absolute atomic E-state index is 0.940. The van der Waals surface area contributed by atoms with Crippen molar-refractivity contribution in [1.29, 1.82) is 0 Å². The van der Waals surface area contributed by atoms with Gasteiger partial charge in [0.1, 0.15) is 15.7 Å². The molecule has 5 aromatic heterocycles. The molecule has 0 aliphatic heterocycles. The van der Waals surface area contributed by atoms with Gasteiger partial charge in [-0.15, -0.1) is 0 Å². The van der Waals surface area contributed by atoms with Crippen molar-refractivity contribution in [1.82, 2.24) is 24.1 Å². The molecular weight excluding hydrogens is 691 g/mol. The molecule has 0 N–H and O–H groups in total. The first-order valence-corrected chi connectivity index (χ1v) is 19.2. The lowest BCUT2D eigenvalue weighted by molar-refractivity contribution is 1.18. The average Bonchev–Trinajstić information content (AvgIpc) is 3.95. The zero-order valence-electron chi connectivity index (χ0n) is 29.5. The van der Waals surface area contributed by atoms with Crippen LogP contribution < -0.4 is 0 Å². The number of aromatic nitrogens is 5. The van der Waals surface area contributed by atoms with E-state index in [4.69, 9.17) is 15.0 Å². The summed E-state index contributed by atoms with van der Waals surface area (Å²) in [7, 11) is 0. The molecule has 0 atom stereocenters. The predicted octanol–water partition coefficient (Wildman–Crippen LogP) is 12.8. The van der Waals surface area contributed by atoms with Gasteiger partial charge in [-0.2, -0.15) is 0 Å². The molecule has 0 radical (unpaired) electrons. The fraction of sp³-hybridized carbons (Fsp3) is 0. The van der Waals surface area contributed by atoms with Gasteiger partial charge in [0, 0.05) is 61.9 Å². The Kier molecular flexibility index (Phi) is 7.28. The highest BCUT2D eigenvalue weighted by Gasteiger charge is 2.25. The Morgan fingerprint density at radius 1 is 0.418 bits per heavy atom. The Labute approximate surface area is 321 Å². The van der Waals surface area contributed by atoms with Crippen LogP contribution in [0.5, 0.6) is 0 Å². The molecule has 55 heavy (non-hydrogen) atoms. The Balaban J connectivity index is 1.30. The van der Waals surface area contributed by atoms with Gasteiger partial charge < -0.3 is 4.57 Å². The monoisotopic (exact) mass is 721 g/mol. The average molecular weight is 722 g/mol. The summed E-state index contributed by atoms with van der Waals surface area (Å²) < 4.78 is 4.87. The van der Waals surface area contributed by atoms with E-state index >= 15 is 0 Å². The first kappa shape index (κ1) is 31.4. The van der Waals surface area contributed by atoms with Crippen molar-refractivity contribution in [3.63, 3.8) is 0 Å². The van der Waals surface area contributed by atoms with Crippen molar-refractivity contribution in [2.75, 3.05) is 0 Å². The summed E-state index contributed by atoms with van der Waals surface area (Å²) >= 11 is 1.73. The first-order valence-electron chi connectivity index (χ1n) is 18.4. The van der Waals surface area contributed by atoms with Crippen LogP contribution in [0.4, 0.5) is 0 Å². The van der Waals surface area contributed by atoms with Gasteiger partial charge in [-0.3, -0.25) is 14.5 Å². The molecule has 0 amide bonds. The molecule has 5 heterocycles. The van der Waals surface area contributed by atoms with Crippen LogP contribution in [-0.2, 0) is 0 Å². The SMILES string of the molecule is c1ccc(-c2nc(-c3ccccc3)c(-n3c4ccc(-c5ccccn5)cc4c4c3ccc3c5cc(-c6ccccn6)ccc5n(-c5ccccc5)c34)s2)cc1. The maximum atomic E-state index is 5.36. The number of benzene rings is 6. The summed E-state index contributed by atoms with van der Waals surface area (Å²) in [4.78, 5) is 14.8. The second-order valence-electron chi connectivity index (χ2n) is 13.7. The number of pyridine rings is 2. The van der Waals surface area contributed by atoms with E-state index in [0.29, 0.717) is 0 Å². The molecule has 0 aliphatic rings.